The number of hydrogen-bond acceptors (Lipinski definition) is 2. The van der Waals surface area contributed by atoms with Crippen LogP contribution in [0.15, 0.2) is 30.5 Å². The van der Waals surface area contributed by atoms with Crippen molar-refractivity contribution in [3.05, 3.63) is 41.6 Å². The number of carboxylic acids is 1. The van der Waals surface area contributed by atoms with Crippen molar-refractivity contribution in [3.63, 3.8) is 0 Å². The summed E-state index contributed by atoms with van der Waals surface area (Å²) in [5.41, 5.74) is 3.21. The zero-order chi connectivity index (χ0) is 10.6. The lowest BCUT2D eigenvalue weighted by Crippen LogP contribution is -1.94. The van der Waals surface area contributed by atoms with Crippen LogP contribution >= 0.6 is 0 Å². The molecular weight excluding hydrogens is 178 g/mol. The van der Waals surface area contributed by atoms with Crippen molar-refractivity contribution in [1.29, 1.82) is 0 Å². The number of benzene rings is 1. The number of aryl methyl sites for hydroxylation is 2. The van der Waals surface area contributed by atoms with Crippen molar-refractivity contribution in [3.8, 4) is 0 Å². The van der Waals surface area contributed by atoms with Crippen LogP contribution < -0.4 is 5.32 Å². The smallest absolute Gasteiger partial charge is 0.329 e. The van der Waals surface area contributed by atoms with Crippen molar-refractivity contribution in [2.75, 3.05) is 5.32 Å². The number of nitrogens with one attached hydrogen (secondary N) is 1. The van der Waals surface area contributed by atoms with Gasteiger partial charge in [-0.3, -0.25) is 0 Å². The van der Waals surface area contributed by atoms with Crippen LogP contribution in [0, 0.1) is 13.8 Å². The Morgan fingerprint density at radius 3 is 2.71 bits per heavy atom. The Bertz CT molecular complexity index is 370. The summed E-state index contributed by atoms with van der Waals surface area (Å²) in [4.78, 5) is 10.2. The molecule has 1 rings (SSSR count). The maximum absolute atomic E-state index is 10.2. The van der Waals surface area contributed by atoms with E-state index < -0.39 is 5.97 Å². The van der Waals surface area contributed by atoms with E-state index in [2.05, 4.69) is 5.32 Å². The summed E-state index contributed by atoms with van der Waals surface area (Å²) in [6.07, 6.45) is 2.49. The van der Waals surface area contributed by atoms with Crippen LogP contribution in [0.3, 0.4) is 0 Å². The Morgan fingerprint density at radius 2 is 2.14 bits per heavy atom. The molecule has 0 saturated carbocycles. The summed E-state index contributed by atoms with van der Waals surface area (Å²) in [5.74, 6) is -0.956. The molecule has 0 unspecified atom stereocenters. The first-order valence-corrected chi connectivity index (χ1v) is 4.33. The molecular formula is C11H13NO2. The van der Waals surface area contributed by atoms with Gasteiger partial charge in [0.05, 0.1) is 0 Å². The largest absolute Gasteiger partial charge is 0.478 e. The SMILES string of the molecule is Cc1ccc(N/C=C/C(=O)O)c(C)c1. The molecule has 0 fully saturated rings. The van der Waals surface area contributed by atoms with Gasteiger partial charge in [0.1, 0.15) is 0 Å². The topological polar surface area (TPSA) is 49.3 Å². The number of rotatable bonds is 3. The first-order valence-electron chi connectivity index (χ1n) is 4.33. The van der Waals surface area contributed by atoms with Crippen LogP contribution in [0.2, 0.25) is 0 Å². The van der Waals surface area contributed by atoms with E-state index in [4.69, 9.17) is 5.11 Å². The van der Waals surface area contributed by atoms with E-state index in [-0.39, 0.29) is 0 Å². The summed E-state index contributed by atoms with van der Waals surface area (Å²) >= 11 is 0. The molecule has 0 aliphatic rings. The minimum atomic E-state index is -0.956. The van der Waals surface area contributed by atoms with Gasteiger partial charge in [0.2, 0.25) is 0 Å². The van der Waals surface area contributed by atoms with Crippen molar-refractivity contribution in [2.45, 2.75) is 13.8 Å². The predicted octanol–water partition coefficient (Wildman–Crippen LogP) is 2.31. The number of hydrogen-bond donors (Lipinski definition) is 2. The van der Waals surface area contributed by atoms with E-state index >= 15 is 0 Å². The van der Waals surface area contributed by atoms with E-state index in [0.29, 0.717) is 0 Å². The van der Waals surface area contributed by atoms with Gasteiger partial charge in [0.25, 0.3) is 0 Å². The van der Waals surface area contributed by atoms with E-state index in [1.165, 1.54) is 11.8 Å². The number of carboxylic acid groups (broad SMARTS) is 1. The minimum Gasteiger partial charge on any atom is -0.478 e. The molecule has 3 heteroatoms. The van der Waals surface area contributed by atoms with Gasteiger partial charge in [0.15, 0.2) is 0 Å². The summed E-state index contributed by atoms with van der Waals surface area (Å²) < 4.78 is 0. The molecule has 74 valence electrons. The molecule has 0 spiro atoms. The Hall–Kier alpha value is -1.77. The molecule has 0 aliphatic heterocycles. The van der Waals surface area contributed by atoms with Gasteiger partial charge in [-0.05, 0) is 25.5 Å². The maximum atomic E-state index is 10.2. The fourth-order valence-corrected chi connectivity index (χ4v) is 1.18. The highest BCUT2D eigenvalue weighted by atomic mass is 16.4. The standard InChI is InChI=1S/C11H13NO2/c1-8-3-4-10(9(2)7-8)12-6-5-11(13)14/h3-7,12H,1-2H3,(H,13,14)/b6-5+. The van der Waals surface area contributed by atoms with Gasteiger partial charge >= 0.3 is 5.97 Å². The zero-order valence-electron chi connectivity index (χ0n) is 8.24. The lowest BCUT2D eigenvalue weighted by atomic mass is 10.1. The van der Waals surface area contributed by atoms with E-state index in [1.807, 2.05) is 32.0 Å². The van der Waals surface area contributed by atoms with Crippen LogP contribution in [0.25, 0.3) is 0 Å². The molecule has 1 aromatic carbocycles. The molecule has 0 aromatic heterocycles. The molecule has 14 heavy (non-hydrogen) atoms. The maximum Gasteiger partial charge on any atom is 0.329 e. The van der Waals surface area contributed by atoms with Crippen molar-refractivity contribution >= 4 is 11.7 Å². The predicted molar refractivity (Wildman–Crippen MR) is 56.3 cm³/mol. The average molecular weight is 191 g/mol. The third-order valence-electron chi connectivity index (χ3n) is 1.85. The molecule has 0 atom stereocenters. The third-order valence-corrected chi connectivity index (χ3v) is 1.85. The van der Waals surface area contributed by atoms with Gasteiger partial charge in [-0.1, -0.05) is 17.7 Å². The fourth-order valence-electron chi connectivity index (χ4n) is 1.18. The quantitative estimate of drug-likeness (QED) is 0.721. The van der Waals surface area contributed by atoms with Gasteiger partial charge in [-0.25, -0.2) is 4.79 Å². The van der Waals surface area contributed by atoms with Gasteiger partial charge in [-0.15, -0.1) is 0 Å². The summed E-state index contributed by atoms with van der Waals surface area (Å²) in [7, 11) is 0. The fraction of sp³-hybridized carbons (Fsp3) is 0.182. The molecule has 0 bridgehead atoms. The van der Waals surface area contributed by atoms with Gasteiger partial charge in [-0.2, -0.15) is 0 Å². The van der Waals surface area contributed by atoms with E-state index in [0.717, 1.165) is 17.3 Å². The normalized spacial score (nSPS) is 10.4. The highest BCUT2D eigenvalue weighted by molar-refractivity contribution is 5.80. The molecule has 2 N–H and O–H groups in total. The number of aliphatic carboxylic acids is 1. The highest BCUT2D eigenvalue weighted by Gasteiger charge is 1.95. The second kappa shape index (κ2) is 4.46. The van der Waals surface area contributed by atoms with Gasteiger partial charge in [0, 0.05) is 18.0 Å². The van der Waals surface area contributed by atoms with Gasteiger partial charge < -0.3 is 10.4 Å². The molecule has 0 amide bonds. The van der Waals surface area contributed by atoms with Crippen molar-refractivity contribution in [1.82, 2.24) is 0 Å². The van der Waals surface area contributed by atoms with Crippen molar-refractivity contribution in [2.24, 2.45) is 0 Å². The Morgan fingerprint density at radius 1 is 1.43 bits per heavy atom. The molecule has 0 saturated heterocycles. The summed E-state index contributed by atoms with van der Waals surface area (Å²) in [6.45, 7) is 3.99. The van der Waals surface area contributed by atoms with E-state index in [1.54, 1.807) is 0 Å². The molecule has 1 aromatic rings. The third kappa shape index (κ3) is 2.94. The lowest BCUT2D eigenvalue weighted by Gasteiger charge is -2.05. The Labute approximate surface area is 83.1 Å². The highest BCUT2D eigenvalue weighted by Crippen LogP contribution is 2.15. The molecule has 0 radical (unpaired) electrons. The van der Waals surface area contributed by atoms with Crippen LogP contribution in [0.1, 0.15) is 11.1 Å². The molecule has 0 aliphatic carbocycles. The monoisotopic (exact) mass is 191 g/mol. The second-order valence-electron chi connectivity index (χ2n) is 3.13. The zero-order valence-corrected chi connectivity index (χ0v) is 8.24. The lowest BCUT2D eigenvalue weighted by molar-refractivity contribution is -0.131. The summed E-state index contributed by atoms with van der Waals surface area (Å²) in [6, 6.07) is 5.94. The minimum absolute atomic E-state index is 0.924. The first kappa shape index (κ1) is 10.3. The molecule has 0 heterocycles. The molecule has 3 nitrogen and oxygen atoms in total. The van der Waals surface area contributed by atoms with E-state index in [9.17, 15) is 4.79 Å². The van der Waals surface area contributed by atoms with Crippen LogP contribution in [-0.2, 0) is 4.79 Å². The van der Waals surface area contributed by atoms with Crippen molar-refractivity contribution < 1.29 is 9.90 Å². The number of carbonyl (C=O) groups is 1. The Balaban J connectivity index is 2.73. The van der Waals surface area contributed by atoms with Crippen LogP contribution in [-0.4, -0.2) is 11.1 Å². The van der Waals surface area contributed by atoms with Crippen LogP contribution in [0.5, 0.6) is 0 Å². The van der Waals surface area contributed by atoms with Crippen LogP contribution in [0.4, 0.5) is 5.69 Å². The first-order chi connectivity index (χ1) is 6.59. The average Bonchev–Trinajstić information content (AvgIpc) is 2.08. The Kier molecular flexibility index (Phi) is 3.29. The number of anilines is 1. The second-order valence-corrected chi connectivity index (χ2v) is 3.13. The summed E-state index contributed by atoms with van der Waals surface area (Å²) in [5, 5.41) is 11.3.